The van der Waals surface area contributed by atoms with Gasteiger partial charge in [-0.1, -0.05) is 74.5 Å². The van der Waals surface area contributed by atoms with E-state index >= 15 is 0 Å². The second-order valence-electron chi connectivity index (χ2n) is 13.6. The van der Waals surface area contributed by atoms with Crippen LogP contribution in [0.4, 0.5) is 25.8 Å². The fourth-order valence-corrected chi connectivity index (χ4v) is 6.47. The van der Waals surface area contributed by atoms with Crippen LogP contribution in [-0.4, -0.2) is 54.1 Å². The average Bonchev–Trinajstić information content (AvgIpc) is 3.50. The van der Waals surface area contributed by atoms with Crippen molar-refractivity contribution in [2.24, 2.45) is 17.6 Å². The molecular formula is C41H43N5O10. The number of hydrogen-bond acceptors (Lipinski definition) is 10. The van der Waals surface area contributed by atoms with Crippen LogP contribution < -0.4 is 26.4 Å². The number of nitrogens with zero attached hydrogens (tertiary/aromatic N) is 1. The summed E-state index contributed by atoms with van der Waals surface area (Å²) in [5.41, 5.74) is 10.3. The van der Waals surface area contributed by atoms with E-state index < -0.39 is 41.1 Å². The number of alkyl carbamates (subject to hydrolysis) is 1. The van der Waals surface area contributed by atoms with Gasteiger partial charge in [-0.05, 0) is 70.8 Å². The summed E-state index contributed by atoms with van der Waals surface area (Å²) in [6.07, 6.45) is -1.36. The molecule has 292 valence electrons. The number of nitro groups is 1. The largest absolute Gasteiger partial charge is 0.514 e. The first-order valence-corrected chi connectivity index (χ1v) is 18.1. The zero-order valence-corrected chi connectivity index (χ0v) is 30.9. The highest BCUT2D eigenvalue weighted by Gasteiger charge is 2.32. The Balaban J connectivity index is 1.16. The van der Waals surface area contributed by atoms with Gasteiger partial charge in [-0.25, -0.2) is 14.4 Å². The van der Waals surface area contributed by atoms with Gasteiger partial charge in [0.15, 0.2) is 5.78 Å². The third-order valence-electron chi connectivity index (χ3n) is 9.30. The number of non-ortho nitro benzene ring substituents is 1. The molecule has 0 saturated carbocycles. The van der Waals surface area contributed by atoms with Crippen LogP contribution in [0.5, 0.6) is 5.75 Å². The Hall–Kier alpha value is -6.77. The lowest BCUT2D eigenvalue weighted by atomic mass is 9.89. The van der Waals surface area contributed by atoms with Crippen LogP contribution in [-0.2, 0) is 25.7 Å². The van der Waals surface area contributed by atoms with Gasteiger partial charge < -0.3 is 35.9 Å². The molecule has 15 nitrogen and oxygen atoms in total. The first-order chi connectivity index (χ1) is 26.9. The molecule has 1 aliphatic rings. The minimum Gasteiger partial charge on any atom is -0.449 e. The molecule has 0 spiro atoms. The summed E-state index contributed by atoms with van der Waals surface area (Å²) in [4.78, 5) is 74.0. The van der Waals surface area contributed by atoms with Crippen LogP contribution in [0, 0.1) is 22.0 Å². The van der Waals surface area contributed by atoms with Crippen LogP contribution in [0.15, 0.2) is 97.1 Å². The Kier molecular flexibility index (Phi) is 13.7. The van der Waals surface area contributed by atoms with Crippen molar-refractivity contribution < 1.29 is 43.1 Å². The number of amides is 4. The number of ketones is 1. The van der Waals surface area contributed by atoms with Crippen LogP contribution in [0.3, 0.4) is 0 Å². The molecule has 0 aromatic heterocycles. The number of nitrogens with one attached hydrogen (secondary N) is 3. The number of nitrogens with two attached hydrogens (primary N) is 1. The maximum atomic E-state index is 13.7. The van der Waals surface area contributed by atoms with Crippen LogP contribution >= 0.6 is 0 Å². The minimum atomic E-state index is -1.01. The van der Waals surface area contributed by atoms with E-state index in [0.717, 1.165) is 22.3 Å². The fraction of sp³-hybridized carbons (Fsp3) is 0.293. The van der Waals surface area contributed by atoms with E-state index in [9.17, 15) is 34.1 Å². The van der Waals surface area contributed by atoms with E-state index in [2.05, 4.69) is 16.0 Å². The predicted molar refractivity (Wildman–Crippen MR) is 206 cm³/mol. The number of Topliss-reactive ketones (excluding diaryl/α,β-unsaturated/α-hetero) is 1. The molecule has 0 bridgehead atoms. The number of fused-ring (bicyclic) bond motifs is 3. The number of carbonyl (C=O) groups is 5. The van der Waals surface area contributed by atoms with Gasteiger partial charge in [0.25, 0.3) is 5.69 Å². The van der Waals surface area contributed by atoms with Gasteiger partial charge in [0, 0.05) is 42.6 Å². The zero-order chi connectivity index (χ0) is 40.2. The summed E-state index contributed by atoms with van der Waals surface area (Å²) in [6, 6.07) is 25.7. The van der Waals surface area contributed by atoms with Crippen LogP contribution in [0.1, 0.15) is 55.7 Å². The molecule has 5 rings (SSSR count). The molecule has 4 amide bonds. The summed E-state index contributed by atoms with van der Waals surface area (Å²) >= 11 is 0. The molecule has 4 aromatic carbocycles. The smallest absolute Gasteiger partial charge is 0.449 e. The number of urea groups is 1. The summed E-state index contributed by atoms with van der Waals surface area (Å²) in [5, 5.41) is 18.8. The zero-order valence-electron chi connectivity index (χ0n) is 30.9. The molecule has 0 saturated heterocycles. The molecule has 56 heavy (non-hydrogen) atoms. The number of primary amides is 1. The lowest BCUT2D eigenvalue weighted by molar-refractivity contribution is -0.384. The van der Waals surface area contributed by atoms with Crippen molar-refractivity contribution in [1.29, 1.82) is 0 Å². The second kappa shape index (κ2) is 19.0. The molecular weight excluding hydrogens is 722 g/mol. The quantitative estimate of drug-likeness (QED) is 0.0288. The SMILES string of the molecule is CC(C)C(NC(=O)OCC1c2ccccc2-c2ccccc21)C(=O)CC(CCCNC(N)=O)C(=O)Nc1ccc(COC(=O)Oc2ccc([N+](=O)[O-])cc2)cc1. The number of carbonyl (C=O) groups excluding carboxylic acids is 5. The van der Waals surface area contributed by atoms with E-state index in [-0.39, 0.29) is 61.7 Å². The Labute approximate surface area is 323 Å². The normalized spacial score (nSPS) is 12.7. The van der Waals surface area contributed by atoms with E-state index in [1.165, 1.54) is 24.3 Å². The third-order valence-corrected chi connectivity index (χ3v) is 9.30. The molecule has 4 aromatic rings. The molecule has 2 atom stereocenters. The molecule has 15 heteroatoms. The van der Waals surface area contributed by atoms with Gasteiger partial charge in [-0.15, -0.1) is 0 Å². The van der Waals surface area contributed by atoms with Crippen molar-refractivity contribution in [2.45, 2.75) is 51.7 Å². The highest BCUT2D eigenvalue weighted by Crippen LogP contribution is 2.44. The average molecular weight is 766 g/mol. The summed E-state index contributed by atoms with van der Waals surface area (Å²) in [6.45, 7) is 3.70. The number of nitro benzene ring substituents is 1. The van der Waals surface area contributed by atoms with Crippen LogP contribution in [0.25, 0.3) is 11.1 Å². The van der Waals surface area contributed by atoms with Gasteiger partial charge in [0.1, 0.15) is 19.0 Å². The Morgan fingerprint density at radius 3 is 2.05 bits per heavy atom. The molecule has 0 fully saturated rings. The first kappa shape index (κ1) is 40.4. The molecule has 0 heterocycles. The van der Waals surface area contributed by atoms with E-state index in [1.54, 1.807) is 38.1 Å². The van der Waals surface area contributed by atoms with Crippen molar-refractivity contribution in [3.63, 3.8) is 0 Å². The van der Waals surface area contributed by atoms with Gasteiger partial charge in [-0.2, -0.15) is 0 Å². The number of anilines is 1. The van der Waals surface area contributed by atoms with Crippen molar-refractivity contribution in [1.82, 2.24) is 10.6 Å². The van der Waals surface area contributed by atoms with E-state index in [4.69, 9.17) is 19.9 Å². The maximum absolute atomic E-state index is 13.7. The number of rotatable bonds is 17. The van der Waals surface area contributed by atoms with Crippen molar-refractivity contribution >= 4 is 41.3 Å². The van der Waals surface area contributed by atoms with Gasteiger partial charge >= 0.3 is 18.3 Å². The summed E-state index contributed by atoms with van der Waals surface area (Å²) in [7, 11) is 0. The molecule has 5 N–H and O–H groups in total. The standard InChI is InChI=1S/C41H43N5O10/c1-25(2)37(45-40(50)54-24-35-33-11-5-3-9-31(33)32-10-4-6-12-34(32)35)36(47)22-27(8-7-21-43-39(42)49)38(48)44-28-15-13-26(14-16-28)23-55-41(51)56-30-19-17-29(18-20-30)46(52)53/h3-6,9-20,25,27,35,37H,7-8,21-24H2,1-2H3,(H,44,48)(H,45,50)(H3,42,43,49). The molecule has 1 aliphatic carbocycles. The molecule has 0 aliphatic heterocycles. The fourth-order valence-electron chi connectivity index (χ4n) is 6.47. The monoisotopic (exact) mass is 765 g/mol. The van der Waals surface area contributed by atoms with Crippen molar-refractivity contribution in [3.8, 4) is 16.9 Å². The van der Waals surface area contributed by atoms with Gasteiger partial charge in [0.05, 0.1) is 11.0 Å². The highest BCUT2D eigenvalue weighted by molar-refractivity contribution is 5.97. The van der Waals surface area contributed by atoms with E-state index in [0.29, 0.717) is 17.7 Å². The predicted octanol–water partition coefficient (Wildman–Crippen LogP) is 6.84. The van der Waals surface area contributed by atoms with Crippen molar-refractivity contribution in [3.05, 3.63) is 124 Å². The Morgan fingerprint density at radius 2 is 1.46 bits per heavy atom. The highest BCUT2D eigenvalue weighted by atomic mass is 16.7. The van der Waals surface area contributed by atoms with Gasteiger partial charge in [-0.3, -0.25) is 19.7 Å². The minimum absolute atomic E-state index is 0.0739. The first-order valence-electron chi connectivity index (χ1n) is 18.1. The Morgan fingerprint density at radius 1 is 0.839 bits per heavy atom. The number of ether oxygens (including phenoxy) is 3. The maximum Gasteiger partial charge on any atom is 0.514 e. The Bertz CT molecular complexity index is 2010. The van der Waals surface area contributed by atoms with E-state index in [1.807, 2.05) is 48.5 Å². The summed E-state index contributed by atoms with van der Waals surface area (Å²) in [5.74, 6) is -2.02. The van der Waals surface area contributed by atoms with Crippen molar-refractivity contribution in [2.75, 3.05) is 18.5 Å². The molecule has 0 radical (unpaired) electrons. The second-order valence-corrected chi connectivity index (χ2v) is 13.6. The van der Waals surface area contributed by atoms with Gasteiger partial charge in [0.2, 0.25) is 5.91 Å². The third kappa shape index (κ3) is 10.9. The topological polar surface area (TPSA) is 218 Å². The lowest BCUT2D eigenvalue weighted by Gasteiger charge is -2.24. The summed E-state index contributed by atoms with van der Waals surface area (Å²) < 4.78 is 15.9. The molecule has 2 unspecified atom stereocenters. The van der Waals surface area contributed by atoms with Crippen LogP contribution in [0.2, 0.25) is 0 Å². The number of hydrogen-bond donors (Lipinski definition) is 4. The number of benzene rings is 4. The lowest BCUT2D eigenvalue weighted by Crippen LogP contribution is -2.46.